The largest absolute Gasteiger partial charge is 0.395 e. The van der Waals surface area contributed by atoms with Crippen molar-refractivity contribution in [2.24, 2.45) is 0 Å². The van der Waals surface area contributed by atoms with Gasteiger partial charge in [-0.05, 0) is 78.8 Å². The van der Waals surface area contributed by atoms with E-state index in [1.165, 1.54) is 9.80 Å². The van der Waals surface area contributed by atoms with E-state index in [0.717, 1.165) is 45.1 Å². The Morgan fingerprint density at radius 2 is 0.929 bits per heavy atom. The maximum absolute atomic E-state index is 12.6. The number of carbonyl (C=O) groups is 9. The van der Waals surface area contributed by atoms with Crippen molar-refractivity contribution in [3.05, 3.63) is 104 Å². The van der Waals surface area contributed by atoms with Crippen LogP contribution in [0.5, 0.6) is 0 Å². The smallest absolute Gasteiger partial charge is 0.255 e. The Hall–Kier alpha value is -7.43. The molecule has 18 heteroatoms. The number of benzene rings is 3. The lowest BCUT2D eigenvalue weighted by Gasteiger charge is -2.29. The predicted octanol–water partition coefficient (Wildman–Crippen LogP) is 2.99. The summed E-state index contributed by atoms with van der Waals surface area (Å²) in [6.45, 7) is 3.25. The maximum Gasteiger partial charge on any atom is 0.255 e. The molecule has 362 valence electrons. The first-order valence-electron chi connectivity index (χ1n) is 22.8. The number of aliphatic hydroxyl groups is 2. The highest BCUT2D eigenvalue weighted by atomic mass is 79.9. The number of carbonyl (C=O) groups excluding carboxylic acids is 9. The second kappa shape index (κ2) is 24.2. The van der Waals surface area contributed by atoms with Crippen LogP contribution in [0.15, 0.2) is 59.1 Å². The number of piperidine rings is 3. The van der Waals surface area contributed by atoms with E-state index in [1.807, 2.05) is 24.3 Å². The van der Waals surface area contributed by atoms with E-state index in [1.54, 1.807) is 35.2 Å². The summed E-state index contributed by atoms with van der Waals surface area (Å²) in [6.07, 6.45) is 9.26. The van der Waals surface area contributed by atoms with Gasteiger partial charge in [-0.2, -0.15) is 0 Å². The zero-order valence-corrected chi connectivity index (χ0v) is 40.0. The number of hydrogen-bond donors (Lipinski definition) is 5. The summed E-state index contributed by atoms with van der Waals surface area (Å²) < 4.78 is 0.869. The molecule has 3 aromatic carbocycles. The topological polar surface area (TPSA) is 240 Å². The minimum atomic E-state index is -0.620. The predicted molar refractivity (Wildman–Crippen MR) is 256 cm³/mol. The summed E-state index contributed by atoms with van der Waals surface area (Å²) in [5, 5.41) is 23.6. The van der Waals surface area contributed by atoms with Crippen molar-refractivity contribution in [3.8, 4) is 36.0 Å². The zero-order chi connectivity index (χ0) is 50.5. The number of terminal acetylenes is 1. The summed E-state index contributed by atoms with van der Waals surface area (Å²) >= 11 is 3.42. The Kier molecular flexibility index (Phi) is 18.0. The Morgan fingerprint density at radius 1 is 0.557 bits per heavy atom. The molecule has 6 heterocycles. The van der Waals surface area contributed by atoms with Gasteiger partial charge >= 0.3 is 0 Å². The molecule has 6 aliphatic heterocycles. The monoisotopic (exact) mass is 1010 g/mol. The third kappa shape index (κ3) is 12.0. The quantitative estimate of drug-likeness (QED) is 0.178. The normalized spacial score (nSPS) is 19.7. The lowest BCUT2D eigenvalue weighted by Crippen LogP contribution is -2.52. The molecule has 0 aliphatic carbocycles. The van der Waals surface area contributed by atoms with Crippen LogP contribution >= 0.6 is 15.9 Å². The molecule has 3 unspecified atom stereocenters. The summed E-state index contributed by atoms with van der Waals surface area (Å²) in [5.41, 5.74) is 5.94. The van der Waals surface area contributed by atoms with Crippen LogP contribution in [-0.4, -0.2) is 109 Å². The summed E-state index contributed by atoms with van der Waals surface area (Å²) in [5.74, 6) is 11.8. The van der Waals surface area contributed by atoms with Crippen molar-refractivity contribution < 1.29 is 53.4 Å². The third-order valence-electron chi connectivity index (χ3n) is 12.0. The van der Waals surface area contributed by atoms with Crippen LogP contribution in [0.1, 0.15) is 130 Å². The number of imide groups is 3. The molecule has 0 saturated carbocycles. The Balaban J connectivity index is 0.000000165. The molecule has 5 N–H and O–H groups in total. The minimum absolute atomic E-state index is 0.0106. The number of nitrogens with zero attached hydrogens (tertiary/aromatic N) is 3. The van der Waals surface area contributed by atoms with Gasteiger partial charge in [0.05, 0.1) is 13.2 Å². The van der Waals surface area contributed by atoms with Crippen LogP contribution in [0, 0.1) is 36.0 Å². The van der Waals surface area contributed by atoms with Crippen LogP contribution in [0.25, 0.3) is 0 Å². The standard InChI is InChI=1S/C18H18N2O3.C17H16N2O4.C13H11BrN2O3.C4H6O/c1-2-3-4-6-12-7-5-8-13-14(12)11-20(18(13)23)15-9-10-16(21)19-17(15)22;20-9-2-1-4-11-5-3-6-12-13(11)10-19(17(12)23)14-7-8-15(21)18-16(14)22;14-9-3-1-2-7-8(9)6-16(13(7)19)10-4-5-11(17)15-12(10)18;1-2-3-4-5/h5,7-8,15H,2-3,9-11H2,1H3,(H,19,21,22);3,5-6,14,20H,2,7-10H2,(H,18,21,22);1-3,10H,4-6H2,(H,15,17,18);1,5H,3-4H2. The lowest BCUT2D eigenvalue weighted by molar-refractivity contribution is -0.138. The molecule has 3 saturated heterocycles. The molecular formula is C52H51BrN6O11. The molecule has 0 radical (unpaired) electrons. The maximum atomic E-state index is 12.6. The fraction of sp³-hybridized carbons (Fsp3) is 0.365. The molecular weight excluding hydrogens is 965 g/mol. The Bertz CT molecular complexity index is 2670. The fourth-order valence-electron chi connectivity index (χ4n) is 8.51. The van der Waals surface area contributed by atoms with Crippen LogP contribution in [0.3, 0.4) is 0 Å². The van der Waals surface area contributed by atoms with Crippen LogP contribution < -0.4 is 16.0 Å². The summed E-state index contributed by atoms with van der Waals surface area (Å²) in [4.78, 5) is 112. The average Bonchev–Trinajstić information content (AvgIpc) is 3.98. The highest BCUT2D eigenvalue weighted by Gasteiger charge is 2.42. The fourth-order valence-corrected chi connectivity index (χ4v) is 9.01. The van der Waals surface area contributed by atoms with Gasteiger partial charge in [0.1, 0.15) is 18.1 Å². The van der Waals surface area contributed by atoms with Crippen LogP contribution in [-0.2, 0) is 48.4 Å². The molecule has 0 bridgehead atoms. The number of hydrogen-bond acceptors (Lipinski definition) is 11. The first kappa shape index (κ1) is 52.0. The summed E-state index contributed by atoms with van der Waals surface area (Å²) in [7, 11) is 0. The number of nitrogens with one attached hydrogen (secondary N) is 3. The van der Waals surface area contributed by atoms with Gasteiger partial charge in [-0.25, -0.2) is 0 Å². The molecule has 3 atom stereocenters. The highest BCUT2D eigenvalue weighted by molar-refractivity contribution is 9.10. The van der Waals surface area contributed by atoms with Gasteiger partial charge in [0.15, 0.2) is 0 Å². The van der Waals surface area contributed by atoms with E-state index >= 15 is 0 Å². The molecule has 6 aliphatic rings. The van der Waals surface area contributed by atoms with E-state index in [-0.39, 0.29) is 79.7 Å². The van der Waals surface area contributed by atoms with Crippen molar-refractivity contribution in [2.45, 2.75) is 109 Å². The van der Waals surface area contributed by atoms with Crippen molar-refractivity contribution >= 4 is 69.1 Å². The van der Waals surface area contributed by atoms with E-state index in [9.17, 15) is 43.2 Å². The number of aliphatic hydroxyl groups excluding tert-OH is 2. The minimum Gasteiger partial charge on any atom is -0.395 e. The van der Waals surface area contributed by atoms with E-state index in [4.69, 9.17) is 16.6 Å². The van der Waals surface area contributed by atoms with Gasteiger partial charge in [-0.3, -0.25) is 59.1 Å². The average molecular weight is 1020 g/mol. The van der Waals surface area contributed by atoms with Gasteiger partial charge < -0.3 is 24.9 Å². The van der Waals surface area contributed by atoms with E-state index in [0.29, 0.717) is 68.4 Å². The SMILES string of the molecule is C#CCCO.CCCC#Cc1cccc2c1CN(C1CCC(=O)NC1=O)C2=O.O=C1CCC(N2Cc3c(Br)cccc3C2=O)C(=O)N1.O=C1CCC(N2Cc3c(C#CCCO)cccc3C2=O)C(=O)N1. The van der Waals surface area contributed by atoms with Crippen molar-refractivity contribution in [1.82, 2.24) is 30.7 Å². The van der Waals surface area contributed by atoms with E-state index in [2.05, 4.69) is 68.4 Å². The Labute approximate surface area is 413 Å². The van der Waals surface area contributed by atoms with Crippen molar-refractivity contribution in [2.75, 3.05) is 13.2 Å². The number of amides is 9. The number of halogens is 1. The first-order chi connectivity index (χ1) is 33.7. The lowest BCUT2D eigenvalue weighted by atomic mass is 10.0. The number of unbranched alkanes of at least 4 members (excludes halogenated alkanes) is 1. The molecule has 0 spiro atoms. The molecule has 0 aromatic heterocycles. The third-order valence-corrected chi connectivity index (χ3v) is 12.7. The van der Waals surface area contributed by atoms with E-state index < -0.39 is 24.0 Å². The zero-order valence-electron chi connectivity index (χ0n) is 38.4. The van der Waals surface area contributed by atoms with Gasteiger partial charge in [-0.15, -0.1) is 12.3 Å². The summed E-state index contributed by atoms with van der Waals surface area (Å²) in [6, 6.07) is 14.5. The van der Waals surface area contributed by atoms with Crippen molar-refractivity contribution in [1.29, 1.82) is 0 Å². The first-order valence-corrected chi connectivity index (χ1v) is 23.6. The molecule has 3 aromatic rings. The van der Waals surface area contributed by atoms with Gasteiger partial charge in [-0.1, -0.05) is 64.7 Å². The number of rotatable bonds is 6. The molecule has 3 fully saturated rings. The van der Waals surface area contributed by atoms with Crippen LogP contribution in [0.4, 0.5) is 0 Å². The van der Waals surface area contributed by atoms with Crippen molar-refractivity contribution in [3.63, 3.8) is 0 Å². The second-order valence-corrected chi connectivity index (χ2v) is 17.5. The molecule has 9 rings (SSSR count). The molecule has 17 nitrogen and oxygen atoms in total. The van der Waals surface area contributed by atoms with Gasteiger partial charge in [0, 0.05) is 90.4 Å². The number of fused-ring (bicyclic) bond motifs is 3. The van der Waals surface area contributed by atoms with Gasteiger partial charge in [0.2, 0.25) is 35.4 Å². The second-order valence-electron chi connectivity index (χ2n) is 16.6. The highest BCUT2D eigenvalue weighted by Crippen LogP contribution is 2.33. The van der Waals surface area contributed by atoms with Gasteiger partial charge in [0.25, 0.3) is 17.7 Å². The van der Waals surface area contributed by atoms with Crippen LogP contribution in [0.2, 0.25) is 0 Å². The molecule has 9 amide bonds. The Morgan fingerprint density at radius 3 is 1.27 bits per heavy atom. The molecule has 70 heavy (non-hydrogen) atoms.